The molecule has 0 radical (unpaired) electrons. The number of benzene rings is 1. The molecule has 3 nitrogen and oxygen atoms in total. The standard InChI is InChI=1S/C15H18FNO2/c1-11-3-2-8-17(10-11)14-6-5-13(16)9-12(14)4-7-15(18)19/h4-7,9,11H,2-3,8,10H2,1H3,(H,18,19)/b7-4+. The zero-order valence-corrected chi connectivity index (χ0v) is 11.0. The highest BCUT2D eigenvalue weighted by Crippen LogP contribution is 2.27. The third kappa shape index (κ3) is 3.56. The van der Waals surface area contributed by atoms with Crippen LogP contribution in [-0.2, 0) is 4.79 Å². The van der Waals surface area contributed by atoms with Gasteiger partial charge in [0.2, 0.25) is 0 Å². The van der Waals surface area contributed by atoms with Gasteiger partial charge in [-0.1, -0.05) is 6.92 Å². The van der Waals surface area contributed by atoms with E-state index in [1.165, 1.54) is 24.6 Å². The lowest BCUT2D eigenvalue weighted by atomic mass is 9.98. The third-order valence-electron chi connectivity index (χ3n) is 3.39. The Balaban J connectivity index is 2.30. The average Bonchev–Trinajstić information content (AvgIpc) is 2.36. The molecule has 19 heavy (non-hydrogen) atoms. The first-order valence-corrected chi connectivity index (χ1v) is 6.52. The lowest BCUT2D eigenvalue weighted by molar-refractivity contribution is -0.131. The number of piperidine rings is 1. The number of anilines is 1. The largest absolute Gasteiger partial charge is 0.478 e. The van der Waals surface area contributed by atoms with E-state index in [1.54, 1.807) is 6.07 Å². The van der Waals surface area contributed by atoms with Gasteiger partial charge in [-0.05, 0) is 43.0 Å². The highest BCUT2D eigenvalue weighted by atomic mass is 19.1. The second-order valence-corrected chi connectivity index (χ2v) is 5.07. The monoisotopic (exact) mass is 263 g/mol. The van der Waals surface area contributed by atoms with E-state index in [0.29, 0.717) is 11.5 Å². The Morgan fingerprint density at radius 3 is 3.00 bits per heavy atom. The molecule has 0 spiro atoms. The Kier molecular flexibility index (Phi) is 4.20. The zero-order valence-electron chi connectivity index (χ0n) is 11.0. The number of aliphatic carboxylic acids is 1. The van der Waals surface area contributed by atoms with Crippen LogP contribution in [-0.4, -0.2) is 24.2 Å². The van der Waals surface area contributed by atoms with E-state index < -0.39 is 5.97 Å². The molecule has 1 aromatic rings. The van der Waals surface area contributed by atoms with Crippen molar-refractivity contribution < 1.29 is 14.3 Å². The molecule has 1 aliphatic heterocycles. The number of nitrogens with zero attached hydrogens (tertiary/aromatic N) is 1. The summed E-state index contributed by atoms with van der Waals surface area (Å²) in [6.45, 7) is 4.06. The van der Waals surface area contributed by atoms with Gasteiger partial charge < -0.3 is 10.0 Å². The summed E-state index contributed by atoms with van der Waals surface area (Å²) in [4.78, 5) is 12.8. The summed E-state index contributed by atoms with van der Waals surface area (Å²) in [5.41, 5.74) is 1.53. The van der Waals surface area contributed by atoms with Crippen molar-refractivity contribution in [2.24, 2.45) is 5.92 Å². The molecule has 4 heteroatoms. The van der Waals surface area contributed by atoms with E-state index in [9.17, 15) is 9.18 Å². The zero-order chi connectivity index (χ0) is 13.8. The lowest BCUT2D eigenvalue weighted by Crippen LogP contribution is -2.34. The van der Waals surface area contributed by atoms with Gasteiger partial charge in [0, 0.05) is 30.4 Å². The van der Waals surface area contributed by atoms with E-state index in [1.807, 2.05) is 0 Å². The summed E-state index contributed by atoms with van der Waals surface area (Å²) in [6, 6.07) is 4.54. The summed E-state index contributed by atoms with van der Waals surface area (Å²) in [5, 5.41) is 8.69. The summed E-state index contributed by atoms with van der Waals surface area (Å²) in [5.74, 6) is -0.767. The Labute approximate surface area is 112 Å². The second-order valence-electron chi connectivity index (χ2n) is 5.07. The van der Waals surface area contributed by atoms with E-state index in [2.05, 4.69) is 11.8 Å². The van der Waals surface area contributed by atoms with Crippen molar-refractivity contribution in [2.45, 2.75) is 19.8 Å². The summed E-state index contributed by atoms with van der Waals surface area (Å²) < 4.78 is 13.3. The van der Waals surface area contributed by atoms with Gasteiger partial charge in [0.15, 0.2) is 0 Å². The molecule has 1 atom stereocenters. The Morgan fingerprint density at radius 1 is 1.53 bits per heavy atom. The second kappa shape index (κ2) is 5.87. The molecule has 1 aromatic carbocycles. The molecule has 0 saturated carbocycles. The van der Waals surface area contributed by atoms with E-state index in [0.717, 1.165) is 31.3 Å². The number of hydrogen-bond acceptors (Lipinski definition) is 2. The van der Waals surface area contributed by atoms with Crippen molar-refractivity contribution in [1.29, 1.82) is 0 Å². The average molecular weight is 263 g/mol. The molecule has 1 heterocycles. The van der Waals surface area contributed by atoms with Crippen LogP contribution < -0.4 is 4.90 Å². The van der Waals surface area contributed by atoms with Crippen LogP contribution in [0.4, 0.5) is 10.1 Å². The van der Waals surface area contributed by atoms with Crippen LogP contribution in [0.2, 0.25) is 0 Å². The maximum Gasteiger partial charge on any atom is 0.328 e. The molecule has 0 aliphatic carbocycles. The molecule has 1 fully saturated rings. The van der Waals surface area contributed by atoms with E-state index in [4.69, 9.17) is 5.11 Å². The number of carboxylic acid groups (broad SMARTS) is 1. The predicted molar refractivity (Wildman–Crippen MR) is 73.7 cm³/mol. The molecule has 1 saturated heterocycles. The van der Waals surface area contributed by atoms with Crippen molar-refractivity contribution in [3.8, 4) is 0 Å². The quantitative estimate of drug-likeness (QED) is 0.852. The fraction of sp³-hybridized carbons (Fsp3) is 0.400. The Hall–Kier alpha value is -1.84. The Morgan fingerprint density at radius 2 is 2.32 bits per heavy atom. The molecule has 1 N–H and O–H groups in total. The predicted octanol–water partition coefficient (Wildman–Crippen LogP) is 3.16. The number of carbonyl (C=O) groups is 1. The van der Waals surface area contributed by atoms with Crippen molar-refractivity contribution in [3.05, 3.63) is 35.7 Å². The van der Waals surface area contributed by atoms with Crippen molar-refractivity contribution in [1.82, 2.24) is 0 Å². The molecule has 0 aromatic heterocycles. The summed E-state index contributed by atoms with van der Waals surface area (Å²) in [7, 11) is 0. The topological polar surface area (TPSA) is 40.5 Å². The van der Waals surface area contributed by atoms with Crippen LogP contribution in [0.15, 0.2) is 24.3 Å². The third-order valence-corrected chi connectivity index (χ3v) is 3.39. The van der Waals surface area contributed by atoms with Crippen LogP contribution in [0.3, 0.4) is 0 Å². The van der Waals surface area contributed by atoms with Crippen molar-refractivity contribution in [2.75, 3.05) is 18.0 Å². The maximum absolute atomic E-state index is 13.3. The number of rotatable bonds is 3. The van der Waals surface area contributed by atoms with Gasteiger partial charge in [-0.15, -0.1) is 0 Å². The van der Waals surface area contributed by atoms with Crippen LogP contribution in [0.25, 0.3) is 6.08 Å². The minimum Gasteiger partial charge on any atom is -0.478 e. The first kappa shape index (κ1) is 13.6. The SMILES string of the molecule is CC1CCCN(c2ccc(F)cc2/C=C/C(=O)O)C1. The smallest absolute Gasteiger partial charge is 0.328 e. The molecule has 2 rings (SSSR count). The van der Waals surface area contributed by atoms with Crippen molar-refractivity contribution >= 4 is 17.7 Å². The molecule has 1 aliphatic rings. The van der Waals surface area contributed by atoms with Gasteiger partial charge in [0.25, 0.3) is 0 Å². The van der Waals surface area contributed by atoms with Gasteiger partial charge in [0.1, 0.15) is 5.82 Å². The highest BCUT2D eigenvalue weighted by molar-refractivity contribution is 5.87. The first-order valence-electron chi connectivity index (χ1n) is 6.52. The van der Waals surface area contributed by atoms with Crippen LogP contribution >= 0.6 is 0 Å². The van der Waals surface area contributed by atoms with Crippen LogP contribution in [0.1, 0.15) is 25.3 Å². The number of carboxylic acids is 1. The Bertz CT molecular complexity index is 499. The number of hydrogen-bond donors (Lipinski definition) is 1. The van der Waals surface area contributed by atoms with Gasteiger partial charge in [-0.2, -0.15) is 0 Å². The lowest BCUT2D eigenvalue weighted by Gasteiger charge is -2.33. The fourth-order valence-electron chi connectivity index (χ4n) is 2.52. The highest BCUT2D eigenvalue weighted by Gasteiger charge is 2.18. The molecule has 1 unspecified atom stereocenters. The molecule has 102 valence electrons. The van der Waals surface area contributed by atoms with E-state index in [-0.39, 0.29) is 5.82 Å². The maximum atomic E-state index is 13.3. The van der Waals surface area contributed by atoms with Gasteiger partial charge >= 0.3 is 5.97 Å². The summed E-state index contributed by atoms with van der Waals surface area (Å²) >= 11 is 0. The van der Waals surface area contributed by atoms with Gasteiger partial charge in [-0.25, -0.2) is 9.18 Å². The molecule has 0 amide bonds. The minimum atomic E-state index is -1.03. The molecule has 0 bridgehead atoms. The van der Waals surface area contributed by atoms with Gasteiger partial charge in [-0.3, -0.25) is 0 Å². The van der Waals surface area contributed by atoms with Crippen LogP contribution in [0.5, 0.6) is 0 Å². The van der Waals surface area contributed by atoms with Crippen molar-refractivity contribution in [3.63, 3.8) is 0 Å². The normalized spacial score (nSPS) is 19.9. The fourth-order valence-corrected chi connectivity index (χ4v) is 2.52. The minimum absolute atomic E-state index is 0.348. The van der Waals surface area contributed by atoms with Crippen LogP contribution in [0, 0.1) is 11.7 Å². The van der Waals surface area contributed by atoms with Gasteiger partial charge in [0.05, 0.1) is 0 Å². The first-order chi connectivity index (χ1) is 9.06. The summed E-state index contributed by atoms with van der Waals surface area (Å²) in [6.07, 6.45) is 4.82. The molecular formula is C15H18FNO2. The van der Waals surface area contributed by atoms with E-state index >= 15 is 0 Å². The molecular weight excluding hydrogens is 245 g/mol. The number of halogens is 1.